The number of amides is 1. The largest absolute Gasteiger partial charge is 0.332 e. The van der Waals surface area contributed by atoms with Crippen LogP contribution in [0.1, 0.15) is 46.5 Å². The summed E-state index contributed by atoms with van der Waals surface area (Å²) in [4.78, 5) is 19.3. The van der Waals surface area contributed by atoms with Gasteiger partial charge in [0.25, 0.3) is 0 Å². The number of nitrogens with zero attached hydrogens (tertiary/aromatic N) is 3. The highest BCUT2D eigenvalue weighted by Crippen LogP contribution is 2.39. The molecule has 0 aromatic carbocycles. The first-order chi connectivity index (χ1) is 9.96. The van der Waals surface area contributed by atoms with Crippen LogP contribution < -0.4 is 0 Å². The fourth-order valence-electron chi connectivity index (χ4n) is 3.29. The minimum absolute atomic E-state index is 0.145. The van der Waals surface area contributed by atoms with E-state index in [0.29, 0.717) is 25.0 Å². The molecule has 116 valence electrons. The Morgan fingerprint density at radius 2 is 2.10 bits per heavy atom. The number of carbonyl (C=O) groups is 1. The first-order valence-corrected chi connectivity index (χ1v) is 7.94. The quantitative estimate of drug-likeness (QED) is 0.737. The molecule has 0 radical (unpaired) electrons. The molecule has 3 atom stereocenters. The van der Waals surface area contributed by atoms with Crippen LogP contribution in [0.2, 0.25) is 0 Å². The van der Waals surface area contributed by atoms with Gasteiger partial charge in [-0.3, -0.25) is 9.63 Å². The second-order valence-corrected chi connectivity index (χ2v) is 7.07. The predicted molar refractivity (Wildman–Crippen MR) is 79.8 cm³/mol. The van der Waals surface area contributed by atoms with E-state index in [0.717, 1.165) is 32.4 Å². The van der Waals surface area contributed by atoms with Gasteiger partial charge in [-0.1, -0.05) is 11.8 Å². The van der Waals surface area contributed by atoms with Crippen molar-refractivity contribution >= 4 is 5.91 Å². The van der Waals surface area contributed by atoms with E-state index in [1.54, 1.807) is 0 Å². The number of fused-ring (bicyclic) bond motifs is 1. The average Bonchev–Trinajstić information content (AvgIpc) is 3.08. The highest BCUT2D eigenvalue weighted by molar-refractivity contribution is 5.78. The molecule has 21 heavy (non-hydrogen) atoms. The van der Waals surface area contributed by atoms with Gasteiger partial charge in [-0.15, -0.1) is 5.17 Å². The van der Waals surface area contributed by atoms with Crippen molar-refractivity contribution < 1.29 is 9.63 Å². The van der Waals surface area contributed by atoms with Crippen LogP contribution in [-0.4, -0.2) is 58.3 Å². The summed E-state index contributed by atoms with van der Waals surface area (Å²) in [6.45, 7) is 8.77. The summed E-state index contributed by atoms with van der Waals surface area (Å²) in [5.74, 6) is 6.66. The van der Waals surface area contributed by atoms with Crippen molar-refractivity contribution in [3.05, 3.63) is 0 Å². The van der Waals surface area contributed by atoms with E-state index >= 15 is 0 Å². The SMILES string of the molecule is CC(C)(C)ON1[C@@H]2CCN1C2CC#CCN1CCCC1=O. The first kappa shape index (κ1) is 14.8. The Hall–Kier alpha value is -1.09. The zero-order chi connectivity index (χ0) is 15.0. The summed E-state index contributed by atoms with van der Waals surface area (Å²) < 4.78 is 0. The second kappa shape index (κ2) is 5.60. The van der Waals surface area contributed by atoms with Gasteiger partial charge in [-0.2, -0.15) is 0 Å². The number of hydrazine groups is 1. The zero-order valence-corrected chi connectivity index (χ0v) is 13.3. The van der Waals surface area contributed by atoms with Gasteiger partial charge >= 0.3 is 0 Å². The van der Waals surface area contributed by atoms with Gasteiger partial charge in [-0.25, -0.2) is 5.01 Å². The minimum atomic E-state index is -0.145. The fraction of sp³-hybridized carbons (Fsp3) is 0.812. The van der Waals surface area contributed by atoms with Crippen LogP contribution in [0, 0.1) is 11.8 Å². The number of likely N-dealkylation sites (tertiary alicyclic amines) is 1. The van der Waals surface area contributed by atoms with Crippen LogP contribution in [0.25, 0.3) is 0 Å². The molecule has 4 fully saturated rings. The van der Waals surface area contributed by atoms with Crippen molar-refractivity contribution in [3.8, 4) is 11.8 Å². The van der Waals surface area contributed by atoms with Gasteiger partial charge in [0.1, 0.15) is 0 Å². The van der Waals surface area contributed by atoms with Crippen LogP contribution in [0.3, 0.4) is 0 Å². The Morgan fingerprint density at radius 3 is 2.67 bits per heavy atom. The Labute approximate surface area is 127 Å². The molecule has 2 unspecified atom stereocenters. The molecule has 0 aromatic heterocycles. The van der Waals surface area contributed by atoms with Crippen LogP contribution in [0.5, 0.6) is 0 Å². The van der Waals surface area contributed by atoms with Crippen molar-refractivity contribution in [2.75, 3.05) is 19.6 Å². The third-order valence-electron chi connectivity index (χ3n) is 4.26. The summed E-state index contributed by atoms with van der Waals surface area (Å²) in [5, 5.41) is 4.32. The molecule has 4 saturated heterocycles. The Morgan fingerprint density at radius 1 is 1.29 bits per heavy atom. The normalized spacial score (nSPS) is 32.0. The molecule has 0 spiro atoms. The highest BCUT2D eigenvalue weighted by atomic mass is 16.7. The topological polar surface area (TPSA) is 36.0 Å². The van der Waals surface area contributed by atoms with Gasteiger partial charge in [-0.05, 0) is 33.6 Å². The molecule has 4 aliphatic rings. The van der Waals surface area contributed by atoms with Gasteiger partial charge < -0.3 is 4.90 Å². The van der Waals surface area contributed by atoms with E-state index in [1.165, 1.54) is 0 Å². The van der Waals surface area contributed by atoms with E-state index < -0.39 is 0 Å². The lowest BCUT2D eigenvalue weighted by molar-refractivity contribution is -0.394. The van der Waals surface area contributed by atoms with Crippen molar-refractivity contribution in [1.82, 2.24) is 15.1 Å². The molecule has 2 bridgehead atoms. The zero-order valence-electron chi connectivity index (χ0n) is 13.3. The molecule has 5 heteroatoms. The summed E-state index contributed by atoms with van der Waals surface area (Å²) in [7, 11) is 0. The molecule has 4 heterocycles. The molecule has 4 aliphatic heterocycles. The maximum atomic E-state index is 11.5. The average molecular weight is 291 g/mol. The lowest BCUT2D eigenvalue weighted by Gasteiger charge is -2.50. The summed E-state index contributed by atoms with van der Waals surface area (Å²) in [6, 6.07) is 0.973. The molecule has 0 N–H and O–H groups in total. The Kier molecular flexibility index (Phi) is 3.96. The lowest BCUT2D eigenvalue weighted by atomic mass is 10.0. The van der Waals surface area contributed by atoms with Crippen molar-refractivity contribution in [2.45, 2.75) is 64.1 Å². The standard InChI is InChI=1S/C16H25N3O2/c1-16(2,3)21-19-14-9-12-18(19)13(14)7-4-5-10-17-11-6-8-15(17)20/h13-14H,6-12H2,1-3H3/t13?,14-/m1/s1. The fourth-order valence-corrected chi connectivity index (χ4v) is 3.29. The second-order valence-electron chi connectivity index (χ2n) is 7.07. The van der Waals surface area contributed by atoms with Gasteiger partial charge in [0, 0.05) is 25.9 Å². The monoisotopic (exact) mass is 291 g/mol. The molecular weight excluding hydrogens is 266 g/mol. The van der Waals surface area contributed by atoms with Crippen molar-refractivity contribution in [1.29, 1.82) is 0 Å². The third kappa shape index (κ3) is 3.08. The van der Waals surface area contributed by atoms with Crippen LogP contribution in [0.15, 0.2) is 0 Å². The number of rotatable bonds is 3. The van der Waals surface area contributed by atoms with E-state index in [1.807, 2.05) is 10.1 Å². The van der Waals surface area contributed by atoms with Gasteiger partial charge in [0.2, 0.25) is 5.91 Å². The number of hydrogen-bond donors (Lipinski definition) is 0. The summed E-state index contributed by atoms with van der Waals surface area (Å²) in [5.41, 5.74) is -0.145. The van der Waals surface area contributed by atoms with Crippen molar-refractivity contribution in [2.24, 2.45) is 0 Å². The van der Waals surface area contributed by atoms with Crippen LogP contribution in [0.4, 0.5) is 0 Å². The third-order valence-corrected chi connectivity index (χ3v) is 4.26. The van der Waals surface area contributed by atoms with Gasteiger partial charge in [0.15, 0.2) is 0 Å². The molecular formula is C16H25N3O2. The molecule has 0 aliphatic carbocycles. The van der Waals surface area contributed by atoms with Crippen LogP contribution >= 0.6 is 0 Å². The maximum absolute atomic E-state index is 11.5. The number of hydrogen-bond acceptors (Lipinski definition) is 4. The smallest absolute Gasteiger partial charge is 0.223 e. The van der Waals surface area contributed by atoms with Gasteiger partial charge in [0.05, 0.1) is 24.2 Å². The molecule has 0 saturated carbocycles. The Bertz CT molecular complexity index is 462. The van der Waals surface area contributed by atoms with E-state index in [-0.39, 0.29) is 11.5 Å². The maximum Gasteiger partial charge on any atom is 0.223 e. The summed E-state index contributed by atoms with van der Waals surface area (Å²) in [6.07, 6.45) is 3.71. The molecule has 1 amide bonds. The lowest BCUT2D eigenvalue weighted by Crippen LogP contribution is -2.65. The number of carbonyl (C=O) groups excluding carboxylic acids is 1. The van der Waals surface area contributed by atoms with Crippen LogP contribution in [-0.2, 0) is 9.63 Å². The van der Waals surface area contributed by atoms with E-state index in [9.17, 15) is 4.79 Å². The predicted octanol–water partition coefficient (Wildman–Crippen LogP) is 1.41. The first-order valence-electron chi connectivity index (χ1n) is 7.94. The van der Waals surface area contributed by atoms with E-state index in [2.05, 4.69) is 37.6 Å². The number of hydroxylamine groups is 1. The molecule has 4 rings (SSSR count). The molecule has 0 aromatic rings. The summed E-state index contributed by atoms with van der Waals surface area (Å²) >= 11 is 0. The minimum Gasteiger partial charge on any atom is -0.332 e. The highest BCUT2D eigenvalue weighted by Gasteiger charge is 2.53. The van der Waals surface area contributed by atoms with Crippen molar-refractivity contribution in [3.63, 3.8) is 0 Å². The molecule has 5 nitrogen and oxygen atoms in total. The van der Waals surface area contributed by atoms with E-state index in [4.69, 9.17) is 4.84 Å². The Balaban J connectivity index is 1.45.